The highest BCUT2D eigenvalue weighted by molar-refractivity contribution is 5.88. The average molecular weight is 442 g/mol. The fourth-order valence-corrected chi connectivity index (χ4v) is 4.39. The molecule has 1 amide bonds. The van der Waals surface area contributed by atoms with Crippen LogP contribution in [-0.2, 0) is 19.1 Å². The summed E-state index contributed by atoms with van der Waals surface area (Å²) >= 11 is 0. The predicted octanol–water partition coefficient (Wildman–Crippen LogP) is 2.68. The number of ether oxygens (including phenoxy) is 1. The number of hydrogen-bond acceptors (Lipinski definition) is 6. The van der Waals surface area contributed by atoms with Gasteiger partial charge in [0.2, 0.25) is 5.91 Å². The summed E-state index contributed by atoms with van der Waals surface area (Å²) < 4.78 is 5.09. The molecule has 8 heteroatoms. The summed E-state index contributed by atoms with van der Waals surface area (Å²) in [6.07, 6.45) is 5.87. The van der Waals surface area contributed by atoms with E-state index in [1.807, 2.05) is 27.7 Å². The van der Waals surface area contributed by atoms with Crippen molar-refractivity contribution >= 4 is 17.8 Å². The third-order valence-corrected chi connectivity index (χ3v) is 5.60. The number of esters is 1. The highest BCUT2D eigenvalue weighted by Gasteiger charge is 2.48. The number of nitrogens with one attached hydrogen (secondary N) is 1. The minimum absolute atomic E-state index is 0. The van der Waals surface area contributed by atoms with Gasteiger partial charge in [-0.15, -0.1) is 0 Å². The lowest BCUT2D eigenvalue weighted by molar-refractivity contribution is -0.152. The fourth-order valence-electron chi connectivity index (χ4n) is 4.39. The van der Waals surface area contributed by atoms with Crippen molar-refractivity contribution < 1.29 is 24.2 Å². The number of likely N-dealkylation sites (tertiary alicyclic amines) is 1. The zero-order valence-electron chi connectivity index (χ0n) is 20.1. The first-order valence-corrected chi connectivity index (χ1v) is 11.7. The van der Waals surface area contributed by atoms with Gasteiger partial charge in [0.25, 0.3) is 0 Å². The van der Waals surface area contributed by atoms with E-state index in [-0.39, 0.29) is 29.4 Å². The lowest BCUT2D eigenvalue weighted by Crippen LogP contribution is -2.55. The molecule has 1 heterocycles. The molecule has 1 saturated carbocycles. The molecule has 0 radical (unpaired) electrons. The van der Waals surface area contributed by atoms with Crippen LogP contribution in [0.25, 0.3) is 0 Å². The van der Waals surface area contributed by atoms with Crippen LogP contribution in [-0.4, -0.2) is 64.2 Å². The van der Waals surface area contributed by atoms with Crippen LogP contribution in [0.4, 0.5) is 0 Å². The van der Waals surface area contributed by atoms with Crippen molar-refractivity contribution in [2.24, 2.45) is 11.7 Å². The van der Waals surface area contributed by atoms with Crippen LogP contribution < -0.4 is 11.1 Å². The normalized spacial score (nSPS) is 25.0. The van der Waals surface area contributed by atoms with Crippen LogP contribution in [0.5, 0.6) is 0 Å². The molecule has 0 aromatic carbocycles. The molecular formula is C23H43N3O5. The first kappa shape index (κ1) is 27.4. The average Bonchev–Trinajstić information content (AvgIpc) is 3.05. The van der Waals surface area contributed by atoms with Crippen LogP contribution in [0.15, 0.2) is 0 Å². The maximum atomic E-state index is 13.1. The molecule has 2 rings (SSSR count). The number of nitrogens with zero attached hydrogens (tertiary/aromatic N) is 1. The number of carbonyl (C=O) groups is 3. The molecule has 1 saturated heterocycles. The third kappa shape index (κ3) is 8.77. The van der Waals surface area contributed by atoms with E-state index in [4.69, 9.17) is 10.5 Å². The van der Waals surface area contributed by atoms with Gasteiger partial charge < -0.3 is 20.5 Å². The van der Waals surface area contributed by atoms with Crippen molar-refractivity contribution in [3.05, 3.63) is 0 Å². The number of aliphatic carboxylic acids is 1. The summed E-state index contributed by atoms with van der Waals surface area (Å²) in [5.41, 5.74) is 5.35. The molecule has 0 unspecified atom stereocenters. The van der Waals surface area contributed by atoms with Crippen LogP contribution in [0.1, 0.15) is 86.5 Å². The predicted molar refractivity (Wildman–Crippen MR) is 120 cm³/mol. The second-order valence-electron chi connectivity index (χ2n) is 9.79. The Kier molecular flexibility index (Phi) is 10.9. The van der Waals surface area contributed by atoms with Crippen LogP contribution in [0.2, 0.25) is 0 Å². The Hall–Kier alpha value is -1.67. The maximum Gasteiger partial charge on any atom is 0.326 e. The minimum atomic E-state index is -0.935. The Bertz CT molecular complexity index is 599. The van der Waals surface area contributed by atoms with E-state index in [0.29, 0.717) is 19.4 Å². The van der Waals surface area contributed by atoms with Gasteiger partial charge in [-0.1, -0.05) is 26.2 Å². The number of amides is 1. The lowest BCUT2D eigenvalue weighted by Gasteiger charge is -2.35. The number of rotatable bonds is 8. The number of carbonyl (C=O) groups excluding carboxylic acids is 2. The summed E-state index contributed by atoms with van der Waals surface area (Å²) in [6, 6.07) is -1.92. The summed E-state index contributed by atoms with van der Waals surface area (Å²) in [5.74, 6) is -1.24. The van der Waals surface area contributed by atoms with E-state index in [1.165, 1.54) is 0 Å². The SMILES string of the molecule is CC(C)(C)N.CCC[C@@H](N[C@@H](C)C(=O)N1[C@@H](C(=O)O)C[C@H]2CCCC[C@H]21)C(=O)OCC. The number of nitrogens with two attached hydrogens (primary N) is 1. The highest BCUT2D eigenvalue weighted by atomic mass is 16.5. The van der Waals surface area contributed by atoms with E-state index >= 15 is 0 Å². The zero-order valence-corrected chi connectivity index (χ0v) is 20.1. The van der Waals surface area contributed by atoms with Gasteiger partial charge in [0.15, 0.2) is 0 Å². The molecule has 1 aliphatic carbocycles. The van der Waals surface area contributed by atoms with Crippen LogP contribution >= 0.6 is 0 Å². The molecule has 0 bridgehead atoms. The Morgan fingerprint density at radius 1 is 1.19 bits per heavy atom. The van der Waals surface area contributed by atoms with E-state index < -0.39 is 24.1 Å². The summed E-state index contributed by atoms with van der Waals surface area (Å²) in [7, 11) is 0. The monoisotopic (exact) mass is 441 g/mol. The molecule has 0 aromatic rings. The number of hydrogen-bond donors (Lipinski definition) is 3. The van der Waals surface area contributed by atoms with E-state index in [2.05, 4.69) is 5.32 Å². The summed E-state index contributed by atoms with van der Waals surface area (Å²) in [6.45, 7) is 11.6. The third-order valence-electron chi connectivity index (χ3n) is 5.60. The Labute approximate surface area is 187 Å². The van der Waals surface area contributed by atoms with Gasteiger partial charge >= 0.3 is 11.9 Å². The molecule has 2 aliphatic rings. The van der Waals surface area contributed by atoms with Gasteiger partial charge in [-0.25, -0.2) is 4.79 Å². The van der Waals surface area contributed by atoms with Gasteiger partial charge in [0, 0.05) is 11.6 Å². The zero-order chi connectivity index (χ0) is 23.8. The van der Waals surface area contributed by atoms with E-state index in [0.717, 1.165) is 32.1 Å². The summed E-state index contributed by atoms with van der Waals surface area (Å²) in [4.78, 5) is 38.5. The number of carboxylic acid groups (broad SMARTS) is 1. The smallest absolute Gasteiger partial charge is 0.326 e. The van der Waals surface area contributed by atoms with Gasteiger partial charge in [0.1, 0.15) is 12.1 Å². The second kappa shape index (κ2) is 12.4. The van der Waals surface area contributed by atoms with Gasteiger partial charge in [-0.3, -0.25) is 14.9 Å². The van der Waals surface area contributed by atoms with E-state index in [1.54, 1.807) is 18.7 Å². The molecule has 180 valence electrons. The molecule has 31 heavy (non-hydrogen) atoms. The Balaban J connectivity index is 0.000000861. The molecule has 5 atom stereocenters. The minimum Gasteiger partial charge on any atom is -0.480 e. The molecule has 0 spiro atoms. The fraction of sp³-hybridized carbons (Fsp3) is 0.870. The Morgan fingerprint density at radius 3 is 2.29 bits per heavy atom. The number of carboxylic acids is 1. The molecule has 0 aromatic heterocycles. The molecule has 4 N–H and O–H groups in total. The van der Waals surface area contributed by atoms with Crippen molar-refractivity contribution in [1.82, 2.24) is 10.2 Å². The highest BCUT2D eigenvalue weighted by Crippen LogP contribution is 2.40. The maximum absolute atomic E-state index is 13.1. The number of fused-ring (bicyclic) bond motifs is 1. The van der Waals surface area contributed by atoms with Crippen LogP contribution in [0, 0.1) is 5.92 Å². The van der Waals surface area contributed by atoms with Crippen molar-refractivity contribution in [3.8, 4) is 0 Å². The van der Waals surface area contributed by atoms with Gasteiger partial charge in [0.05, 0.1) is 12.6 Å². The molecular weight excluding hydrogens is 398 g/mol. The Morgan fingerprint density at radius 2 is 1.77 bits per heavy atom. The van der Waals surface area contributed by atoms with Gasteiger partial charge in [-0.2, -0.15) is 0 Å². The lowest BCUT2D eigenvalue weighted by atomic mass is 9.84. The van der Waals surface area contributed by atoms with Crippen molar-refractivity contribution in [2.45, 2.75) is 116 Å². The quantitative estimate of drug-likeness (QED) is 0.495. The largest absolute Gasteiger partial charge is 0.480 e. The molecule has 1 aliphatic heterocycles. The van der Waals surface area contributed by atoms with Crippen molar-refractivity contribution in [1.29, 1.82) is 0 Å². The molecule has 8 nitrogen and oxygen atoms in total. The summed E-state index contributed by atoms with van der Waals surface area (Å²) in [5, 5.41) is 12.7. The first-order chi connectivity index (χ1) is 14.4. The van der Waals surface area contributed by atoms with Gasteiger partial charge in [-0.05, 0) is 66.2 Å². The topological polar surface area (TPSA) is 122 Å². The van der Waals surface area contributed by atoms with Crippen LogP contribution in [0.3, 0.4) is 0 Å². The van der Waals surface area contributed by atoms with Crippen molar-refractivity contribution in [3.63, 3.8) is 0 Å². The first-order valence-electron chi connectivity index (χ1n) is 11.7. The molecule has 2 fully saturated rings. The van der Waals surface area contributed by atoms with E-state index in [9.17, 15) is 19.5 Å². The standard InChI is InChI=1S/C19H32N2O5.C4H11N/c1-4-8-14(19(25)26-5-2)20-12(3)17(22)21-15-10-7-6-9-13(15)11-16(21)18(23)24;1-4(2,3)5/h12-16,20H,4-11H2,1-3H3,(H,23,24);5H2,1-3H3/t12-,13+,14+,15+,16+;/m0./s1. The second-order valence-corrected chi connectivity index (χ2v) is 9.79. The van der Waals surface area contributed by atoms with Crippen molar-refractivity contribution in [2.75, 3.05) is 6.61 Å².